The number of aryl methyl sites for hydroxylation is 1. The van der Waals surface area contributed by atoms with E-state index in [2.05, 4.69) is 10.3 Å². The lowest BCUT2D eigenvalue weighted by Gasteiger charge is -2.18. The van der Waals surface area contributed by atoms with Crippen LogP contribution in [0.25, 0.3) is 0 Å². The zero-order valence-corrected chi connectivity index (χ0v) is 16.0. The van der Waals surface area contributed by atoms with Crippen molar-refractivity contribution >= 4 is 17.7 Å². The molecule has 2 N–H and O–H groups in total. The van der Waals surface area contributed by atoms with Gasteiger partial charge in [-0.15, -0.1) is 0 Å². The maximum absolute atomic E-state index is 13.0. The number of hydrogen-bond donors (Lipinski definition) is 2. The van der Waals surface area contributed by atoms with Crippen LogP contribution in [0.15, 0.2) is 24.3 Å². The van der Waals surface area contributed by atoms with Gasteiger partial charge in [0.25, 0.3) is 5.91 Å². The van der Waals surface area contributed by atoms with Crippen molar-refractivity contribution in [3.05, 3.63) is 58.2 Å². The van der Waals surface area contributed by atoms with E-state index in [1.807, 2.05) is 0 Å². The molecular weight excluding hydrogens is 351 g/mol. The number of benzene rings is 1. The van der Waals surface area contributed by atoms with Crippen molar-refractivity contribution in [2.24, 2.45) is 0 Å². The molecule has 0 saturated carbocycles. The maximum Gasteiger partial charge on any atom is 0.355 e. The van der Waals surface area contributed by atoms with E-state index >= 15 is 0 Å². The molecular formula is C20H23FN2O4. The van der Waals surface area contributed by atoms with Gasteiger partial charge in [0.15, 0.2) is 11.9 Å². The number of hydrogen-bond acceptors (Lipinski definition) is 4. The van der Waals surface area contributed by atoms with E-state index in [0.717, 1.165) is 5.56 Å². The summed E-state index contributed by atoms with van der Waals surface area (Å²) in [6.07, 6.45) is -1.04. The Morgan fingerprint density at radius 2 is 1.70 bits per heavy atom. The molecule has 2 aromatic rings. The van der Waals surface area contributed by atoms with E-state index in [4.69, 9.17) is 4.74 Å². The summed E-state index contributed by atoms with van der Waals surface area (Å²) >= 11 is 0. The van der Waals surface area contributed by atoms with E-state index < -0.39 is 18.0 Å². The topological polar surface area (TPSA) is 88.3 Å². The molecule has 0 aliphatic rings. The molecule has 0 fully saturated rings. The van der Waals surface area contributed by atoms with Gasteiger partial charge in [0.2, 0.25) is 0 Å². The number of esters is 1. The molecule has 0 unspecified atom stereocenters. The zero-order valence-electron chi connectivity index (χ0n) is 16.0. The Bertz CT molecular complexity index is 871. The van der Waals surface area contributed by atoms with Crippen LogP contribution in [-0.2, 0) is 9.53 Å². The molecule has 1 aromatic heterocycles. The number of halogens is 1. The average molecular weight is 374 g/mol. The molecule has 0 spiro atoms. The Kier molecular flexibility index (Phi) is 6.15. The van der Waals surface area contributed by atoms with Crippen molar-refractivity contribution in [2.45, 2.75) is 46.8 Å². The van der Waals surface area contributed by atoms with Crippen LogP contribution in [-0.4, -0.2) is 28.7 Å². The van der Waals surface area contributed by atoms with E-state index in [1.54, 1.807) is 32.9 Å². The average Bonchev–Trinajstić information content (AvgIpc) is 2.89. The molecule has 7 heteroatoms. The van der Waals surface area contributed by atoms with Crippen molar-refractivity contribution in [1.29, 1.82) is 0 Å². The maximum atomic E-state index is 13.0. The first-order valence-corrected chi connectivity index (χ1v) is 8.58. The highest BCUT2D eigenvalue weighted by Gasteiger charge is 2.25. The highest BCUT2D eigenvalue weighted by atomic mass is 19.1. The third-order valence-electron chi connectivity index (χ3n) is 4.38. The molecule has 0 aliphatic carbocycles. The summed E-state index contributed by atoms with van der Waals surface area (Å²) in [6.45, 7) is 7.98. The van der Waals surface area contributed by atoms with Crippen LogP contribution < -0.4 is 5.32 Å². The molecule has 27 heavy (non-hydrogen) atoms. The summed E-state index contributed by atoms with van der Waals surface area (Å²) in [5, 5.41) is 2.72. The number of rotatable bonds is 6. The molecule has 144 valence electrons. The number of aromatic nitrogens is 1. The van der Waals surface area contributed by atoms with Gasteiger partial charge < -0.3 is 15.0 Å². The summed E-state index contributed by atoms with van der Waals surface area (Å²) in [6, 6.07) is 5.39. The van der Waals surface area contributed by atoms with Crippen LogP contribution in [0.2, 0.25) is 0 Å². The first kappa shape index (κ1) is 20.4. The number of amides is 1. The fourth-order valence-electron chi connectivity index (χ4n) is 2.92. The van der Waals surface area contributed by atoms with Crippen LogP contribution in [0, 0.1) is 19.7 Å². The molecule has 1 amide bonds. The Morgan fingerprint density at radius 1 is 1.11 bits per heavy atom. The largest absolute Gasteiger partial charge is 0.448 e. The second kappa shape index (κ2) is 8.16. The minimum absolute atomic E-state index is 0.154. The standard InChI is InChI=1S/C20H23FN2O4/c1-10-17(13(4)24)12(3)22-18(10)20(26)27-14(5)19(25)23-11(2)15-6-8-16(21)9-7-15/h6-9,11,14,22H,1-5H3,(H,23,25)/t11-,14+/m0/s1. The Hall–Kier alpha value is -2.96. The van der Waals surface area contributed by atoms with Gasteiger partial charge in [-0.25, -0.2) is 9.18 Å². The van der Waals surface area contributed by atoms with Gasteiger partial charge in [-0.3, -0.25) is 9.59 Å². The lowest BCUT2D eigenvalue weighted by Crippen LogP contribution is -2.37. The van der Waals surface area contributed by atoms with Crippen molar-refractivity contribution in [3.63, 3.8) is 0 Å². The van der Waals surface area contributed by atoms with E-state index in [-0.39, 0.29) is 23.3 Å². The van der Waals surface area contributed by atoms with E-state index in [0.29, 0.717) is 16.8 Å². The summed E-state index contributed by atoms with van der Waals surface area (Å²) in [5.41, 5.74) is 2.41. The first-order chi connectivity index (χ1) is 12.6. The van der Waals surface area contributed by atoms with Crippen LogP contribution in [0.1, 0.15) is 64.5 Å². The second-order valence-electron chi connectivity index (χ2n) is 6.51. The number of Topliss-reactive ketones (excluding diaryl/α,β-unsaturated/α-hetero) is 1. The molecule has 0 radical (unpaired) electrons. The predicted octanol–water partition coefficient (Wildman–Crippen LogP) is 3.40. The lowest BCUT2D eigenvalue weighted by atomic mass is 10.1. The lowest BCUT2D eigenvalue weighted by molar-refractivity contribution is -0.129. The van der Waals surface area contributed by atoms with Crippen molar-refractivity contribution in [2.75, 3.05) is 0 Å². The number of H-pyrrole nitrogens is 1. The van der Waals surface area contributed by atoms with Crippen LogP contribution in [0.3, 0.4) is 0 Å². The minimum atomic E-state index is -1.04. The van der Waals surface area contributed by atoms with Crippen LogP contribution in [0.5, 0.6) is 0 Å². The molecule has 0 aliphatic heterocycles. The van der Waals surface area contributed by atoms with Crippen LogP contribution in [0.4, 0.5) is 4.39 Å². The van der Waals surface area contributed by atoms with Crippen molar-refractivity contribution in [3.8, 4) is 0 Å². The Morgan fingerprint density at radius 3 is 2.22 bits per heavy atom. The van der Waals surface area contributed by atoms with Gasteiger partial charge >= 0.3 is 5.97 Å². The van der Waals surface area contributed by atoms with Crippen molar-refractivity contribution < 1.29 is 23.5 Å². The van der Waals surface area contributed by atoms with Gasteiger partial charge in [-0.05, 0) is 57.9 Å². The van der Waals surface area contributed by atoms with Gasteiger partial charge in [0, 0.05) is 11.3 Å². The first-order valence-electron chi connectivity index (χ1n) is 8.58. The highest BCUT2D eigenvalue weighted by Crippen LogP contribution is 2.20. The number of nitrogens with one attached hydrogen (secondary N) is 2. The fraction of sp³-hybridized carbons (Fsp3) is 0.350. The summed E-state index contributed by atoms with van der Waals surface area (Å²) in [7, 11) is 0. The second-order valence-corrected chi connectivity index (χ2v) is 6.51. The summed E-state index contributed by atoms with van der Waals surface area (Å²) < 4.78 is 18.2. The van der Waals surface area contributed by atoms with Crippen LogP contribution >= 0.6 is 0 Å². The van der Waals surface area contributed by atoms with Gasteiger partial charge in [-0.2, -0.15) is 0 Å². The van der Waals surface area contributed by atoms with Gasteiger partial charge in [0.05, 0.1) is 6.04 Å². The molecule has 1 heterocycles. The molecule has 0 saturated heterocycles. The highest BCUT2D eigenvalue weighted by molar-refractivity contribution is 6.01. The monoisotopic (exact) mass is 374 g/mol. The predicted molar refractivity (Wildman–Crippen MR) is 98.1 cm³/mol. The normalized spacial score (nSPS) is 13.0. The SMILES string of the molecule is CC(=O)c1c(C)[nH]c(C(=O)O[C@H](C)C(=O)N[C@@H](C)c2ccc(F)cc2)c1C. The quantitative estimate of drug-likeness (QED) is 0.599. The number of aromatic amines is 1. The molecule has 2 atom stereocenters. The summed E-state index contributed by atoms with van der Waals surface area (Å²) in [4.78, 5) is 39.2. The Labute approximate surface area is 157 Å². The number of carbonyl (C=O) groups excluding carboxylic acids is 3. The van der Waals surface area contributed by atoms with Gasteiger partial charge in [0.1, 0.15) is 11.5 Å². The number of carbonyl (C=O) groups is 3. The molecule has 2 rings (SSSR count). The molecule has 0 bridgehead atoms. The van der Waals surface area contributed by atoms with Gasteiger partial charge in [-0.1, -0.05) is 12.1 Å². The van der Waals surface area contributed by atoms with Crippen molar-refractivity contribution in [1.82, 2.24) is 10.3 Å². The third-order valence-corrected chi connectivity index (χ3v) is 4.38. The fourth-order valence-corrected chi connectivity index (χ4v) is 2.92. The smallest absolute Gasteiger partial charge is 0.355 e. The van der Waals surface area contributed by atoms with E-state index in [9.17, 15) is 18.8 Å². The number of ether oxygens (including phenoxy) is 1. The minimum Gasteiger partial charge on any atom is -0.448 e. The molecule has 6 nitrogen and oxygen atoms in total. The Balaban J connectivity index is 2.03. The van der Waals surface area contributed by atoms with E-state index in [1.165, 1.54) is 26.0 Å². The molecule has 1 aromatic carbocycles. The zero-order chi connectivity index (χ0) is 20.3. The number of ketones is 1. The third kappa shape index (κ3) is 4.61. The summed E-state index contributed by atoms with van der Waals surface area (Å²) in [5.74, 6) is -1.70.